The molecular weight excluding hydrogens is 338 g/mol. The van der Waals surface area contributed by atoms with E-state index < -0.39 is 5.91 Å². The molecule has 0 aliphatic heterocycles. The van der Waals surface area contributed by atoms with Crippen molar-refractivity contribution in [3.05, 3.63) is 53.7 Å². The Bertz CT molecular complexity index is 859. The summed E-state index contributed by atoms with van der Waals surface area (Å²) in [6.07, 6.45) is 0. The van der Waals surface area contributed by atoms with Gasteiger partial charge in [-0.25, -0.2) is 9.67 Å². The van der Waals surface area contributed by atoms with Gasteiger partial charge in [-0.1, -0.05) is 24.3 Å². The van der Waals surface area contributed by atoms with Crippen molar-refractivity contribution in [1.29, 1.82) is 0 Å². The first-order valence-electron chi connectivity index (χ1n) is 7.80. The van der Waals surface area contributed by atoms with Crippen molar-refractivity contribution in [3.63, 3.8) is 0 Å². The second-order valence-electron chi connectivity index (χ2n) is 5.12. The van der Waals surface area contributed by atoms with Crippen LogP contribution in [0.25, 0.3) is 16.4 Å². The molecule has 2 heterocycles. The topological polar surface area (TPSA) is 88.9 Å². The van der Waals surface area contributed by atoms with Gasteiger partial charge in [0.15, 0.2) is 5.82 Å². The molecule has 0 unspecified atom stereocenters. The van der Waals surface area contributed by atoms with E-state index in [4.69, 9.17) is 0 Å². The van der Waals surface area contributed by atoms with Gasteiger partial charge in [-0.05, 0) is 30.5 Å². The summed E-state index contributed by atoms with van der Waals surface area (Å²) >= 11 is 1.52. The third kappa shape index (κ3) is 3.92. The van der Waals surface area contributed by atoms with Crippen molar-refractivity contribution in [2.45, 2.75) is 6.92 Å². The monoisotopic (exact) mass is 355 g/mol. The minimum Gasteiger partial charge on any atom is -0.355 e. The van der Waals surface area contributed by atoms with E-state index in [0.717, 1.165) is 10.6 Å². The van der Waals surface area contributed by atoms with Gasteiger partial charge >= 0.3 is 0 Å². The highest BCUT2D eigenvalue weighted by molar-refractivity contribution is 7.13. The molecule has 2 amide bonds. The zero-order valence-corrected chi connectivity index (χ0v) is 14.4. The predicted molar refractivity (Wildman–Crippen MR) is 95.7 cm³/mol. The van der Waals surface area contributed by atoms with E-state index in [1.807, 2.05) is 54.8 Å². The van der Waals surface area contributed by atoms with Crippen LogP contribution in [0.3, 0.4) is 0 Å². The Morgan fingerprint density at radius 1 is 1.12 bits per heavy atom. The van der Waals surface area contributed by atoms with Gasteiger partial charge in [0.05, 0.1) is 17.1 Å². The molecule has 0 fully saturated rings. The zero-order chi connectivity index (χ0) is 17.6. The van der Waals surface area contributed by atoms with Crippen molar-refractivity contribution >= 4 is 23.2 Å². The molecule has 3 rings (SSSR count). The first-order chi connectivity index (χ1) is 12.2. The minimum atomic E-state index is -0.487. The molecule has 0 aliphatic carbocycles. The minimum absolute atomic E-state index is 0.0246. The summed E-state index contributed by atoms with van der Waals surface area (Å²) < 4.78 is 1.63. The average Bonchev–Trinajstić information content (AvgIpc) is 3.30. The third-order valence-electron chi connectivity index (χ3n) is 3.34. The summed E-state index contributed by atoms with van der Waals surface area (Å²) in [7, 11) is 0. The molecule has 0 saturated heterocycles. The van der Waals surface area contributed by atoms with Gasteiger partial charge in [0.2, 0.25) is 11.7 Å². The van der Waals surface area contributed by atoms with Crippen molar-refractivity contribution in [1.82, 2.24) is 25.4 Å². The molecule has 0 spiro atoms. The van der Waals surface area contributed by atoms with E-state index in [2.05, 4.69) is 20.7 Å². The SMILES string of the molecule is CCNC(=O)CNC(=O)c1nc(-c2cccs2)n(-c2ccccc2)n1. The van der Waals surface area contributed by atoms with Crippen LogP contribution < -0.4 is 10.6 Å². The second kappa shape index (κ2) is 7.71. The molecule has 0 aliphatic rings. The zero-order valence-electron chi connectivity index (χ0n) is 13.6. The third-order valence-corrected chi connectivity index (χ3v) is 4.20. The fourth-order valence-electron chi connectivity index (χ4n) is 2.22. The molecule has 2 aromatic heterocycles. The van der Waals surface area contributed by atoms with Crippen LogP contribution in [-0.2, 0) is 4.79 Å². The second-order valence-corrected chi connectivity index (χ2v) is 6.07. The molecule has 0 saturated carbocycles. The largest absolute Gasteiger partial charge is 0.355 e. The van der Waals surface area contributed by atoms with Crippen LogP contribution in [0.15, 0.2) is 47.8 Å². The van der Waals surface area contributed by atoms with Crippen LogP contribution in [-0.4, -0.2) is 39.7 Å². The smallest absolute Gasteiger partial charge is 0.291 e. The number of hydrogen-bond acceptors (Lipinski definition) is 5. The van der Waals surface area contributed by atoms with E-state index in [-0.39, 0.29) is 18.3 Å². The maximum atomic E-state index is 12.3. The highest BCUT2D eigenvalue weighted by Crippen LogP contribution is 2.25. The molecule has 0 atom stereocenters. The van der Waals surface area contributed by atoms with Crippen molar-refractivity contribution in [2.75, 3.05) is 13.1 Å². The fraction of sp³-hybridized carbons (Fsp3) is 0.176. The van der Waals surface area contributed by atoms with Gasteiger partial charge in [-0.2, -0.15) is 0 Å². The molecule has 128 valence electrons. The van der Waals surface area contributed by atoms with Crippen LogP contribution in [0.1, 0.15) is 17.5 Å². The number of para-hydroxylation sites is 1. The molecule has 1 aromatic carbocycles. The van der Waals surface area contributed by atoms with E-state index >= 15 is 0 Å². The number of aromatic nitrogens is 3. The molecule has 0 bridgehead atoms. The number of thiophene rings is 1. The number of carbonyl (C=O) groups is 2. The lowest BCUT2D eigenvalue weighted by atomic mass is 10.3. The Morgan fingerprint density at radius 2 is 1.92 bits per heavy atom. The molecular formula is C17H17N5O2S. The Labute approximate surface area is 148 Å². The maximum Gasteiger partial charge on any atom is 0.291 e. The lowest BCUT2D eigenvalue weighted by Crippen LogP contribution is -2.37. The molecule has 7 nitrogen and oxygen atoms in total. The molecule has 25 heavy (non-hydrogen) atoms. The van der Waals surface area contributed by atoms with Gasteiger partial charge in [0, 0.05) is 6.54 Å². The van der Waals surface area contributed by atoms with Crippen LogP contribution >= 0.6 is 11.3 Å². The first kappa shape index (κ1) is 16.8. The number of amides is 2. The van der Waals surface area contributed by atoms with Gasteiger partial charge in [0.25, 0.3) is 5.91 Å². The van der Waals surface area contributed by atoms with Gasteiger partial charge in [-0.15, -0.1) is 16.4 Å². The van der Waals surface area contributed by atoms with Gasteiger partial charge in [-0.3, -0.25) is 9.59 Å². The van der Waals surface area contributed by atoms with Gasteiger partial charge in [0.1, 0.15) is 0 Å². The van der Waals surface area contributed by atoms with Crippen LogP contribution in [0, 0.1) is 0 Å². The number of carbonyl (C=O) groups excluding carboxylic acids is 2. The summed E-state index contributed by atoms with van der Waals surface area (Å²) in [5.74, 6) is -0.128. The number of benzene rings is 1. The Kier molecular flexibility index (Phi) is 5.20. The predicted octanol–water partition coefficient (Wildman–Crippen LogP) is 1.86. The summed E-state index contributed by atoms with van der Waals surface area (Å²) in [4.78, 5) is 29.1. The Hall–Kier alpha value is -3.00. The summed E-state index contributed by atoms with van der Waals surface area (Å²) in [5.41, 5.74) is 0.807. The summed E-state index contributed by atoms with van der Waals surface area (Å²) in [6, 6.07) is 13.3. The molecule has 8 heteroatoms. The van der Waals surface area contributed by atoms with E-state index in [9.17, 15) is 9.59 Å². The van der Waals surface area contributed by atoms with Crippen LogP contribution in [0.2, 0.25) is 0 Å². The Morgan fingerprint density at radius 3 is 2.60 bits per heavy atom. The standard InChI is InChI=1S/C17H17N5O2S/c1-2-18-14(23)11-19-17(24)15-20-16(13-9-6-10-25-13)22(21-15)12-7-4-3-5-8-12/h3-10H,2,11H2,1H3,(H,18,23)(H,19,24). The van der Waals surface area contributed by atoms with Crippen LogP contribution in [0.5, 0.6) is 0 Å². The number of likely N-dealkylation sites (N-methyl/N-ethyl adjacent to an activating group) is 1. The Balaban J connectivity index is 1.89. The molecule has 0 radical (unpaired) electrons. The van der Waals surface area contributed by atoms with Crippen molar-refractivity contribution < 1.29 is 9.59 Å². The van der Waals surface area contributed by atoms with Gasteiger partial charge < -0.3 is 10.6 Å². The number of hydrogen-bond donors (Lipinski definition) is 2. The van der Waals surface area contributed by atoms with Crippen molar-refractivity contribution in [3.8, 4) is 16.4 Å². The normalized spacial score (nSPS) is 10.4. The highest BCUT2D eigenvalue weighted by atomic mass is 32.1. The van der Waals surface area contributed by atoms with E-state index in [1.54, 1.807) is 4.68 Å². The molecule has 2 N–H and O–H groups in total. The fourth-order valence-corrected chi connectivity index (χ4v) is 2.92. The lowest BCUT2D eigenvalue weighted by molar-refractivity contribution is -0.120. The highest BCUT2D eigenvalue weighted by Gasteiger charge is 2.19. The van der Waals surface area contributed by atoms with E-state index in [1.165, 1.54) is 11.3 Å². The lowest BCUT2D eigenvalue weighted by Gasteiger charge is -2.03. The quantitative estimate of drug-likeness (QED) is 0.706. The summed E-state index contributed by atoms with van der Waals surface area (Å²) in [6.45, 7) is 2.22. The van der Waals surface area contributed by atoms with E-state index in [0.29, 0.717) is 12.4 Å². The maximum absolute atomic E-state index is 12.3. The average molecular weight is 355 g/mol. The number of nitrogens with one attached hydrogen (secondary N) is 2. The van der Waals surface area contributed by atoms with Crippen LogP contribution in [0.4, 0.5) is 0 Å². The number of nitrogens with zero attached hydrogens (tertiary/aromatic N) is 3. The number of rotatable bonds is 6. The molecule has 3 aromatic rings. The van der Waals surface area contributed by atoms with Crippen molar-refractivity contribution in [2.24, 2.45) is 0 Å². The first-order valence-corrected chi connectivity index (χ1v) is 8.68. The summed E-state index contributed by atoms with van der Waals surface area (Å²) in [5, 5.41) is 11.4.